The van der Waals surface area contributed by atoms with E-state index in [0.717, 1.165) is 4.90 Å². The molecular formula is C17H15Cl2N3O3. The molecule has 0 radical (unpaired) electrons. The van der Waals surface area contributed by atoms with Crippen LogP contribution < -0.4 is 10.1 Å². The minimum atomic E-state index is -1.27. The van der Waals surface area contributed by atoms with Crippen molar-refractivity contribution in [1.29, 1.82) is 0 Å². The predicted octanol–water partition coefficient (Wildman–Crippen LogP) is 3.36. The molecule has 1 aliphatic rings. The van der Waals surface area contributed by atoms with Gasteiger partial charge < -0.3 is 10.1 Å². The van der Waals surface area contributed by atoms with Gasteiger partial charge in [0.1, 0.15) is 5.54 Å². The zero-order chi connectivity index (χ0) is 18.2. The van der Waals surface area contributed by atoms with E-state index in [0.29, 0.717) is 27.1 Å². The summed E-state index contributed by atoms with van der Waals surface area (Å²) in [5.41, 5.74) is -0.161. The Morgan fingerprint density at radius 3 is 2.72 bits per heavy atom. The highest BCUT2D eigenvalue weighted by Gasteiger charge is 2.50. The van der Waals surface area contributed by atoms with Gasteiger partial charge in [-0.2, -0.15) is 0 Å². The fourth-order valence-electron chi connectivity index (χ4n) is 2.82. The van der Waals surface area contributed by atoms with Crippen LogP contribution in [0.2, 0.25) is 10.0 Å². The number of nitrogens with zero attached hydrogens (tertiary/aromatic N) is 2. The fraction of sp³-hybridized carbons (Fsp3) is 0.235. The molecule has 6 nitrogen and oxygen atoms in total. The highest BCUT2D eigenvalue weighted by molar-refractivity contribution is 6.35. The number of urea groups is 1. The lowest BCUT2D eigenvalue weighted by Gasteiger charge is -2.23. The number of halogens is 2. The van der Waals surface area contributed by atoms with E-state index in [1.807, 2.05) is 0 Å². The van der Waals surface area contributed by atoms with Gasteiger partial charge in [0.25, 0.3) is 5.91 Å². The second kappa shape index (κ2) is 6.54. The van der Waals surface area contributed by atoms with E-state index in [1.54, 1.807) is 37.4 Å². The summed E-state index contributed by atoms with van der Waals surface area (Å²) >= 11 is 12.1. The van der Waals surface area contributed by atoms with Gasteiger partial charge in [0.2, 0.25) is 5.88 Å². The SMILES string of the molecule is COc1ncccc1CN1C(=O)N[C@](C)(c2ccc(Cl)cc2Cl)C1=O. The Morgan fingerprint density at radius 1 is 1.28 bits per heavy atom. The molecule has 0 unspecified atom stereocenters. The van der Waals surface area contributed by atoms with Crippen molar-refractivity contribution in [3.63, 3.8) is 0 Å². The van der Waals surface area contributed by atoms with Crippen molar-refractivity contribution in [2.45, 2.75) is 19.0 Å². The van der Waals surface area contributed by atoms with Crippen LogP contribution in [0.25, 0.3) is 0 Å². The fourth-order valence-corrected chi connectivity index (χ4v) is 3.41. The zero-order valence-corrected chi connectivity index (χ0v) is 15.1. The molecule has 130 valence electrons. The molecule has 0 spiro atoms. The van der Waals surface area contributed by atoms with Crippen molar-refractivity contribution in [2.24, 2.45) is 0 Å². The van der Waals surface area contributed by atoms with Crippen LogP contribution in [0, 0.1) is 0 Å². The van der Waals surface area contributed by atoms with Gasteiger partial charge in [0.15, 0.2) is 0 Å². The van der Waals surface area contributed by atoms with E-state index < -0.39 is 17.5 Å². The maximum atomic E-state index is 13.0. The largest absolute Gasteiger partial charge is 0.481 e. The molecule has 0 bridgehead atoms. The first-order valence-corrected chi connectivity index (χ1v) is 8.20. The lowest BCUT2D eigenvalue weighted by atomic mass is 9.92. The standard InChI is InChI=1S/C17H15Cl2N3O3/c1-17(12-6-5-11(18)8-13(12)19)15(23)22(16(24)21-17)9-10-4-3-7-20-14(10)25-2/h3-8H,9H2,1-2H3,(H,21,24)/t17-/m1/s1. The molecule has 2 heterocycles. The summed E-state index contributed by atoms with van der Waals surface area (Å²) in [4.78, 5) is 30.6. The Bertz CT molecular complexity index is 859. The summed E-state index contributed by atoms with van der Waals surface area (Å²) < 4.78 is 5.18. The minimum absolute atomic E-state index is 0.0441. The lowest BCUT2D eigenvalue weighted by molar-refractivity contribution is -0.131. The maximum Gasteiger partial charge on any atom is 0.325 e. The van der Waals surface area contributed by atoms with E-state index in [9.17, 15) is 9.59 Å². The third kappa shape index (κ3) is 3.03. The predicted molar refractivity (Wildman–Crippen MR) is 93.7 cm³/mol. The van der Waals surface area contributed by atoms with Crippen LogP contribution in [0.1, 0.15) is 18.1 Å². The molecule has 1 fully saturated rings. The molecular weight excluding hydrogens is 365 g/mol. The second-order valence-corrected chi connectivity index (χ2v) is 6.59. The summed E-state index contributed by atoms with van der Waals surface area (Å²) in [5.74, 6) is -0.0474. The van der Waals surface area contributed by atoms with Gasteiger partial charge in [0, 0.05) is 27.4 Å². The molecule has 25 heavy (non-hydrogen) atoms. The van der Waals surface area contributed by atoms with Gasteiger partial charge in [-0.15, -0.1) is 0 Å². The molecule has 3 rings (SSSR count). The number of hydrogen-bond acceptors (Lipinski definition) is 4. The van der Waals surface area contributed by atoms with Gasteiger partial charge in [-0.25, -0.2) is 9.78 Å². The van der Waals surface area contributed by atoms with Gasteiger partial charge in [0.05, 0.1) is 13.7 Å². The quantitative estimate of drug-likeness (QED) is 0.826. The Morgan fingerprint density at radius 2 is 2.04 bits per heavy atom. The zero-order valence-electron chi connectivity index (χ0n) is 13.5. The first-order chi connectivity index (χ1) is 11.9. The van der Waals surface area contributed by atoms with E-state index >= 15 is 0 Å². The van der Waals surface area contributed by atoms with Crippen molar-refractivity contribution >= 4 is 35.1 Å². The van der Waals surface area contributed by atoms with Crippen molar-refractivity contribution in [3.8, 4) is 5.88 Å². The van der Waals surface area contributed by atoms with Crippen LogP contribution in [0.15, 0.2) is 36.5 Å². The molecule has 1 saturated heterocycles. The first kappa shape index (κ1) is 17.5. The Kier molecular flexibility index (Phi) is 4.58. The summed E-state index contributed by atoms with van der Waals surface area (Å²) in [6.07, 6.45) is 1.58. The number of hydrogen-bond donors (Lipinski definition) is 1. The van der Waals surface area contributed by atoms with Crippen molar-refractivity contribution in [3.05, 3.63) is 57.7 Å². The number of carbonyl (C=O) groups excluding carboxylic acids is 2. The molecule has 1 aliphatic heterocycles. The third-order valence-corrected chi connectivity index (χ3v) is 4.66. The molecule has 2 aromatic rings. The number of aromatic nitrogens is 1. The molecule has 1 atom stereocenters. The smallest absolute Gasteiger partial charge is 0.325 e. The van der Waals surface area contributed by atoms with Crippen molar-refractivity contribution < 1.29 is 14.3 Å². The van der Waals surface area contributed by atoms with Crippen molar-refractivity contribution in [1.82, 2.24) is 15.2 Å². The number of ether oxygens (including phenoxy) is 1. The highest BCUT2D eigenvalue weighted by atomic mass is 35.5. The minimum Gasteiger partial charge on any atom is -0.481 e. The Balaban J connectivity index is 1.94. The van der Waals surface area contributed by atoms with E-state index in [4.69, 9.17) is 27.9 Å². The lowest BCUT2D eigenvalue weighted by Crippen LogP contribution is -2.41. The van der Waals surface area contributed by atoms with Gasteiger partial charge >= 0.3 is 6.03 Å². The van der Waals surface area contributed by atoms with Gasteiger partial charge in [-0.05, 0) is 25.1 Å². The third-order valence-electron chi connectivity index (χ3n) is 4.12. The number of imide groups is 1. The first-order valence-electron chi connectivity index (χ1n) is 7.44. The normalized spacial score (nSPS) is 19.9. The number of methoxy groups -OCH3 is 1. The Labute approximate surface area is 154 Å². The van der Waals surface area contributed by atoms with E-state index in [2.05, 4.69) is 10.3 Å². The molecule has 8 heteroatoms. The molecule has 1 aromatic heterocycles. The molecule has 1 N–H and O–H groups in total. The molecule has 3 amide bonds. The number of carbonyl (C=O) groups is 2. The van der Waals surface area contributed by atoms with Gasteiger partial charge in [-0.1, -0.05) is 35.3 Å². The average molecular weight is 380 g/mol. The van der Waals surface area contributed by atoms with Crippen molar-refractivity contribution in [2.75, 3.05) is 7.11 Å². The average Bonchev–Trinajstić information content (AvgIpc) is 2.79. The summed E-state index contributed by atoms with van der Waals surface area (Å²) in [6, 6.07) is 7.75. The maximum absolute atomic E-state index is 13.0. The second-order valence-electron chi connectivity index (χ2n) is 5.74. The summed E-state index contributed by atoms with van der Waals surface area (Å²) in [5, 5.41) is 3.47. The number of rotatable bonds is 4. The number of amides is 3. The van der Waals surface area contributed by atoms with Crippen LogP contribution in [-0.4, -0.2) is 28.9 Å². The summed E-state index contributed by atoms with van der Waals surface area (Å²) in [6.45, 7) is 1.66. The topological polar surface area (TPSA) is 71.5 Å². The summed E-state index contributed by atoms with van der Waals surface area (Å²) in [7, 11) is 1.48. The number of nitrogens with one attached hydrogen (secondary N) is 1. The van der Waals surface area contributed by atoms with E-state index in [-0.39, 0.29) is 6.54 Å². The van der Waals surface area contributed by atoms with Crippen LogP contribution in [0.3, 0.4) is 0 Å². The van der Waals surface area contributed by atoms with E-state index in [1.165, 1.54) is 13.2 Å². The molecule has 1 aromatic carbocycles. The van der Waals surface area contributed by atoms with Crippen LogP contribution in [0.4, 0.5) is 4.79 Å². The Hall–Kier alpha value is -2.31. The van der Waals surface area contributed by atoms with Crippen LogP contribution in [0.5, 0.6) is 5.88 Å². The number of pyridine rings is 1. The highest BCUT2D eigenvalue weighted by Crippen LogP contribution is 2.35. The molecule has 0 saturated carbocycles. The van der Waals surface area contributed by atoms with Gasteiger partial charge in [-0.3, -0.25) is 9.69 Å². The molecule has 0 aliphatic carbocycles. The van der Waals surface area contributed by atoms with Crippen LogP contribution in [-0.2, 0) is 16.9 Å². The monoisotopic (exact) mass is 379 g/mol. The van der Waals surface area contributed by atoms with Crippen LogP contribution >= 0.6 is 23.2 Å². The number of benzene rings is 1.